The van der Waals surface area contributed by atoms with E-state index in [9.17, 15) is 0 Å². The Morgan fingerprint density at radius 2 is 1.67 bits per heavy atom. The van der Waals surface area contributed by atoms with Crippen LogP contribution in [0.5, 0.6) is 0 Å². The highest BCUT2D eigenvalue weighted by Gasteiger charge is 2.24. The molecule has 2 N–H and O–H groups in total. The Kier molecular flexibility index (Phi) is 6.52. The summed E-state index contributed by atoms with van der Waals surface area (Å²) >= 11 is 5.29. The van der Waals surface area contributed by atoms with Gasteiger partial charge in [-0.25, -0.2) is 0 Å². The number of thiocarbonyl (C=S) groups is 1. The van der Waals surface area contributed by atoms with Crippen LogP contribution in [0.3, 0.4) is 0 Å². The van der Waals surface area contributed by atoms with Crippen molar-refractivity contribution in [2.75, 3.05) is 59.8 Å². The molecular weight excluding hydrogens is 394 g/mol. The zero-order chi connectivity index (χ0) is 20.9. The summed E-state index contributed by atoms with van der Waals surface area (Å²) in [4.78, 5) is 16.8. The van der Waals surface area contributed by atoms with E-state index in [0.717, 1.165) is 44.4 Å². The van der Waals surface area contributed by atoms with Gasteiger partial charge in [0.05, 0.1) is 0 Å². The van der Waals surface area contributed by atoms with Gasteiger partial charge in [-0.1, -0.05) is 18.2 Å². The normalized spacial score (nSPS) is 19.5. The molecule has 2 fully saturated rings. The van der Waals surface area contributed by atoms with Gasteiger partial charge in [0.25, 0.3) is 0 Å². The van der Waals surface area contributed by atoms with Crippen molar-refractivity contribution in [3.8, 4) is 0 Å². The number of piperazine rings is 1. The number of benzene rings is 1. The van der Waals surface area contributed by atoms with Crippen LogP contribution in [-0.4, -0.2) is 60.9 Å². The number of hydrogen-bond acceptors (Lipinski definition) is 6. The molecule has 1 unspecified atom stereocenters. The SMILES string of the molecule is CNC(=S)Nc1nc(N2CCN(c3ccccc3)CC2)cc(N2CCCCC2C)n1. The molecule has 0 aliphatic carbocycles. The Morgan fingerprint density at radius 3 is 2.37 bits per heavy atom. The van der Waals surface area contributed by atoms with Crippen LogP contribution in [0.15, 0.2) is 36.4 Å². The Labute approximate surface area is 184 Å². The predicted octanol–water partition coefficient (Wildman–Crippen LogP) is 3.10. The molecule has 2 aromatic rings. The van der Waals surface area contributed by atoms with E-state index in [2.05, 4.69) is 68.7 Å². The number of para-hydroxylation sites is 1. The van der Waals surface area contributed by atoms with Crippen molar-refractivity contribution in [1.29, 1.82) is 0 Å². The maximum atomic E-state index is 5.29. The number of rotatable bonds is 4. The van der Waals surface area contributed by atoms with Crippen LogP contribution in [0.1, 0.15) is 26.2 Å². The fourth-order valence-electron chi connectivity index (χ4n) is 4.22. The Bertz CT molecular complexity index is 852. The molecule has 2 saturated heterocycles. The van der Waals surface area contributed by atoms with Crippen LogP contribution in [0.2, 0.25) is 0 Å². The minimum atomic E-state index is 0.487. The van der Waals surface area contributed by atoms with Crippen LogP contribution >= 0.6 is 12.2 Å². The van der Waals surface area contributed by atoms with Crippen molar-refractivity contribution in [3.63, 3.8) is 0 Å². The lowest BCUT2D eigenvalue weighted by atomic mass is 10.0. The van der Waals surface area contributed by atoms with Crippen molar-refractivity contribution in [1.82, 2.24) is 15.3 Å². The molecule has 0 radical (unpaired) electrons. The second-order valence-corrected chi connectivity index (χ2v) is 8.37. The summed E-state index contributed by atoms with van der Waals surface area (Å²) in [5, 5.41) is 6.61. The number of anilines is 4. The first-order valence-electron chi connectivity index (χ1n) is 10.8. The van der Waals surface area contributed by atoms with E-state index in [1.807, 2.05) is 0 Å². The molecule has 8 heteroatoms. The third-order valence-electron chi connectivity index (χ3n) is 5.97. The number of nitrogens with zero attached hydrogens (tertiary/aromatic N) is 5. The molecule has 0 amide bonds. The van der Waals surface area contributed by atoms with Gasteiger partial charge in [-0.2, -0.15) is 9.97 Å². The van der Waals surface area contributed by atoms with E-state index in [1.54, 1.807) is 7.05 Å². The van der Waals surface area contributed by atoms with Gasteiger partial charge in [0.2, 0.25) is 5.95 Å². The second-order valence-electron chi connectivity index (χ2n) is 7.96. The fourth-order valence-corrected chi connectivity index (χ4v) is 4.31. The van der Waals surface area contributed by atoms with E-state index in [-0.39, 0.29) is 0 Å². The first-order chi connectivity index (χ1) is 14.6. The summed E-state index contributed by atoms with van der Waals surface area (Å²) in [5.41, 5.74) is 1.28. The fraction of sp³-hybridized carbons (Fsp3) is 0.500. The number of piperidine rings is 1. The molecule has 2 aliphatic heterocycles. The average molecular weight is 426 g/mol. The molecule has 1 aromatic carbocycles. The third-order valence-corrected chi connectivity index (χ3v) is 6.28. The molecule has 1 atom stereocenters. The standard InChI is InChI=1S/C22H31N7S/c1-17-8-6-7-11-29(17)20-16-19(24-21(25-20)26-22(30)23-2)28-14-12-27(13-15-28)18-9-4-3-5-10-18/h3-5,9-10,16-17H,6-8,11-15H2,1-2H3,(H2,23,24,25,26,30). The average Bonchev–Trinajstić information content (AvgIpc) is 2.80. The maximum absolute atomic E-state index is 5.29. The lowest BCUT2D eigenvalue weighted by molar-refractivity contribution is 0.481. The molecule has 0 saturated carbocycles. The van der Waals surface area contributed by atoms with Crippen LogP contribution in [0.4, 0.5) is 23.3 Å². The number of nitrogens with one attached hydrogen (secondary N) is 2. The summed E-state index contributed by atoms with van der Waals surface area (Å²) in [6, 6.07) is 13.2. The minimum Gasteiger partial charge on any atom is -0.368 e. The van der Waals surface area contributed by atoms with Crippen molar-refractivity contribution >= 4 is 40.6 Å². The Hall–Kier alpha value is -2.61. The monoisotopic (exact) mass is 425 g/mol. The van der Waals surface area contributed by atoms with E-state index in [0.29, 0.717) is 17.1 Å². The van der Waals surface area contributed by atoms with Crippen LogP contribution in [-0.2, 0) is 0 Å². The molecule has 1 aromatic heterocycles. The predicted molar refractivity (Wildman–Crippen MR) is 129 cm³/mol. The number of hydrogen-bond donors (Lipinski definition) is 2. The minimum absolute atomic E-state index is 0.487. The van der Waals surface area contributed by atoms with E-state index >= 15 is 0 Å². The molecule has 3 heterocycles. The second kappa shape index (κ2) is 9.47. The summed E-state index contributed by atoms with van der Waals surface area (Å²) in [6.07, 6.45) is 3.69. The van der Waals surface area contributed by atoms with Crippen LogP contribution in [0.25, 0.3) is 0 Å². The van der Waals surface area contributed by atoms with Gasteiger partial charge < -0.3 is 25.3 Å². The quantitative estimate of drug-likeness (QED) is 0.725. The molecule has 0 bridgehead atoms. The van der Waals surface area contributed by atoms with Crippen molar-refractivity contribution < 1.29 is 0 Å². The molecule has 160 valence electrons. The summed E-state index contributed by atoms with van der Waals surface area (Å²) in [7, 11) is 1.80. The molecule has 0 spiro atoms. The van der Waals surface area contributed by atoms with Gasteiger partial charge in [0, 0.05) is 57.6 Å². The zero-order valence-corrected chi connectivity index (χ0v) is 18.7. The molecule has 7 nitrogen and oxygen atoms in total. The first kappa shape index (κ1) is 20.7. The van der Waals surface area contributed by atoms with Crippen molar-refractivity contribution in [2.45, 2.75) is 32.2 Å². The van der Waals surface area contributed by atoms with Gasteiger partial charge in [0.15, 0.2) is 5.11 Å². The highest BCUT2D eigenvalue weighted by Crippen LogP contribution is 2.28. The van der Waals surface area contributed by atoms with Crippen LogP contribution in [0, 0.1) is 0 Å². The van der Waals surface area contributed by atoms with Gasteiger partial charge in [-0.15, -0.1) is 0 Å². The largest absolute Gasteiger partial charge is 0.368 e. The van der Waals surface area contributed by atoms with Crippen molar-refractivity contribution in [2.24, 2.45) is 0 Å². The van der Waals surface area contributed by atoms with Crippen LogP contribution < -0.4 is 25.3 Å². The summed E-state index contributed by atoms with van der Waals surface area (Å²) < 4.78 is 0. The van der Waals surface area contributed by atoms with E-state index < -0.39 is 0 Å². The van der Waals surface area contributed by atoms with Gasteiger partial charge in [-0.05, 0) is 50.5 Å². The Morgan fingerprint density at radius 1 is 0.967 bits per heavy atom. The van der Waals surface area contributed by atoms with Gasteiger partial charge in [-0.3, -0.25) is 0 Å². The summed E-state index contributed by atoms with van der Waals surface area (Å²) in [6.45, 7) is 7.12. The molecule has 30 heavy (non-hydrogen) atoms. The third kappa shape index (κ3) is 4.75. The zero-order valence-electron chi connectivity index (χ0n) is 17.8. The highest BCUT2D eigenvalue weighted by atomic mass is 32.1. The summed E-state index contributed by atoms with van der Waals surface area (Å²) in [5.74, 6) is 2.51. The molecule has 2 aliphatic rings. The lowest BCUT2D eigenvalue weighted by Gasteiger charge is -2.38. The van der Waals surface area contributed by atoms with Crippen molar-refractivity contribution in [3.05, 3.63) is 36.4 Å². The van der Waals surface area contributed by atoms with E-state index in [1.165, 1.54) is 24.9 Å². The number of aromatic nitrogens is 2. The molecule has 4 rings (SSSR count). The lowest BCUT2D eigenvalue weighted by Crippen LogP contribution is -2.47. The molecular formula is C22H31N7S. The van der Waals surface area contributed by atoms with Gasteiger partial charge >= 0.3 is 0 Å². The van der Waals surface area contributed by atoms with E-state index in [4.69, 9.17) is 22.2 Å². The smallest absolute Gasteiger partial charge is 0.232 e. The maximum Gasteiger partial charge on any atom is 0.232 e. The first-order valence-corrected chi connectivity index (χ1v) is 11.2. The Balaban J connectivity index is 1.55. The topological polar surface area (TPSA) is 59.6 Å². The van der Waals surface area contributed by atoms with Gasteiger partial charge in [0.1, 0.15) is 11.6 Å². The highest BCUT2D eigenvalue weighted by molar-refractivity contribution is 7.80.